The summed E-state index contributed by atoms with van der Waals surface area (Å²) in [6.45, 7) is 5.79. The zero-order valence-electron chi connectivity index (χ0n) is 18.6. The first-order valence-electron chi connectivity index (χ1n) is 12.2. The van der Waals surface area contributed by atoms with Crippen molar-refractivity contribution in [3.05, 3.63) is 12.2 Å². The Hall–Kier alpha value is -0.990. The lowest BCUT2D eigenvalue weighted by Crippen LogP contribution is -2.42. The molecular weight excluding hydrogens is 400 g/mol. The lowest BCUT2D eigenvalue weighted by atomic mass is 10.1. The second-order valence-corrected chi connectivity index (χ2v) is 9.94. The molecule has 5 rings (SSSR count). The van der Waals surface area contributed by atoms with Gasteiger partial charge in [-0.05, 0) is 32.6 Å². The van der Waals surface area contributed by atoms with E-state index in [1.807, 2.05) is 0 Å². The summed E-state index contributed by atoms with van der Waals surface area (Å²) in [6, 6.07) is 0. The highest BCUT2D eigenvalue weighted by Crippen LogP contribution is 2.48. The van der Waals surface area contributed by atoms with E-state index < -0.39 is 36.0 Å². The van der Waals surface area contributed by atoms with E-state index in [0.717, 1.165) is 51.4 Å². The average molecular weight is 437 g/mol. The van der Waals surface area contributed by atoms with Gasteiger partial charge in [-0.15, -0.1) is 0 Å². The first kappa shape index (κ1) is 21.8. The van der Waals surface area contributed by atoms with Gasteiger partial charge >= 0.3 is 5.97 Å². The van der Waals surface area contributed by atoms with E-state index in [1.165, 1.54) is 25.7 Å². The molecule has 174 valence electrons. The van der Waals surface area contributed by atoms with Gasteiger partial charge in [-0.25, -0.2) is 4.79 Å². The molecule has 3 aliphatic heterocycles. The number of esters is 1. The van der Waals surface area contributed by atoms with E-state index in [2.05, 4.69) is 6.58 Å². The molecule has 3 heterocycles. The Morgan fingerprint density at radius 2 is 1.39 bits per heavy atom. The van der Waals surface area contributed by atoms with E-state index in [0.29, 0.717) is 12.2 Å². The average Bonchev–Trinajstić information content (AvgIpc) is 3.26. The van der Waals surface area contributed by atoms with Crippen molar-refractivity contribution < 1.29 is 33.2 Å². The van der Waals surface area contributed by atoms with Gasteiger partial charge in [0.1, 0.15) is 18.3 Å². The number of hydrogen-bond acceptors (Lipinski definition) is 7. The Morgan fingerprint density at radius 1 is 0.806 bits per heavy atom. The van der Waals surface area contributed by atoms with Gasteiger partial charge in [-0.1, -0.05) is 32.3 Å². The van der Waals surface area contributed by atoms with Crippen LogP contribution in [0.4, 0.5) is 0 Å². The van der Waals surface area contributed by atoms with Crippen molar-refractivity contribution in [3.8, 4) is 0 Å². The number of carbonyl (C=O) groups is 1. The number of ether oxygens (including phenoxy) is 6. The van der Waals surface area contributed by atoms with Crippen molar-refractivity contribution in [1.82, 2.24) is 0 Å². The smallest absolute Gasteiger partial charge is 0.335 e. The van der Waals surface area contributed by atoms with Gasteiger partial charge in [0.2, 0.25) is 6.29 Å². The maximum atomic E-state index is 12.3. The van der Waals surface area contributed by atoms with E-state index >= 15 is 0 Å². The van der Waals surface area contributed by atoms with Gasteiger partial charge in [0.05, 0.1) is 6.61 Å². The SMILES string of the molecule is C=C(C)C(=O)OC1O[C@H](C2COC3(CCCCCC3)O2)[C@@H]2OC3(CCCCCC3)O[C@H]12. The number of carbonyl (C=O) groups excluding carboxylic acids is 1. The van der Waals surface area contributed by atoms with E-state index in [4.69, 9.17) is 28.4 Å². The van der Waals surface area contributed by atoms with E-state index in [-0.39, 0.29) is 12.2 Å². The fourth-order valence-corrected chi connectivity index (χ4v) is 5.80. The van der Waals surface area contributed by atoms with Gasteiger partial charge in [-0.3, -0.25) is 0 Å². The molecular formula is C24H36O7. The monoisotopic (exact) mass is 436 g/mol. The summed E-state index contributed by atoms with van der Waals surface area (Å²) in [5, 5.41) is 0. The maximum absolute atomic E-state index is 12.3. The molecule has 0 aromatic heterocycles. The van der Waals surface area contributed by atoms with Crippen molar-refractivity contribution in [2.24, 2.45) is 0 Å². The highest BCUT2D eigenvalue weighted by molar-refractivity contribution is 5.87. The Balaban J connectivity index is 1.34. The fourth-order valence-electron chi connectivity index (χ4n) is 5.80. The zero-order chi connectivity index (χ0) is 21.5. The zero-order valence-corrected chi connectivity index (χ0v) is 18.6. The predicted molar refractivity (Wildman–Crippen MR) is 111 cm³/mol. The van der Waals surface area contributed by atoms with Crippen LogP contribution in [0.15, 0.2) is 12.2 Å². The minimum absolute atomic E-state index is 0.261. The predicted octanol–water partition coefficient (Wildman–Crippen LogP) is 4.13. The van der Waals surface area contributed by atoms with E-state index in [1.54, 1.807) is 6.92 Å². The summed E-state index contributed by atoms with van der Waals surface area (Å²) < 4.78 is 37.7. The molecule has 0 aromatic rings. The minimum atomic E-state index is -0.823. The van der Waals surface area contributed by atoms with Crippen LogP contribution in [0.3, 0.4) is 0 Å². The lowest BCUT2D eigenvalue weighted by Gasteiger charge is -2.31. The van der Waals surface area contributed by atoms with Crippen LogP contribution in [0.2, 0.25) is 0 Å². The minimum Gasteiger partial charge on any atom is -0.429 e. The van der Waals surface area contributed by atoms with Gasteiger partial charge in [0.15, 0.2) is 17.7 Å². The summed E-state index contributed by atoms with van der Waals surface area (Å²) in [6.07, 6.45) is 10.5. The molecule has 0 bridgehead atoms. The van der Waals surface area contributed by atoms with Crippen LogP contribution in [0.25, 0.3) is 0 Å². The standard InChI is InChI=1S/C24H36O7/c1-16(2)21(25)28-22-20-19(30-24(31-20)13-9-5-6-10-14-24)18(27-22)17-15-26-23(29-17)11-7-3-4-8-12-23/h17-20,22H,1,3-15H2,2H3/t17?,18-,19+,20+,22?/m1/s1. The van der Waals surface area contributed by atoms with Gasteiger partial charge in [0, 0.05) is 31.3 Å². The normalized spacial score (nSPS) is 39.2. The van der Waals surface area contributed by atoms with Crippen LogP contribution in [0.1, 0.15) is 84.0 Å². The second kappa shape index (κ2) is 8.75. The Labute approximate surface area is 184 Å². The molecule has 2 saturated carbocycles. The number of fused-ring (bicyclic) bond motifs is 1. The number of rotatable bonds is 3. The van der Waals surface area contributed by atoms with Crippen LogP contribution in [-0.2, 0) is 33.2 Å². The molecule has 0 radical (unpaired) electrons. The van der Waals surface area contributed by atoms with Gasteiger partial charge in [-0.2, -0.15) is 0 Å². The highest BCUT2D eigenvalue weighted by atomic mass is 16.8. The third-order valence-electron chi connectivity index (χ3n) is 7.45. The van der Waals surface area contributed by atoms with Crippen molar-refractivity contribution in [3.63, 3.8) is 0 Å². The summed E-state index contributed by atoms with van der Waals surface area (Å²) in [4.78, 5) is 12.3. The summed E-state index contributed by atoms with van der Waals surface area (Å²) in [5.74, 6) is -1.59. The molecule has 0 aromatic carbocycles. The quantitative estimate of drug-likeness (QED) is 0.486. The molecule has 5 aliphatic rings. The topological polar surface area (TPSA) is 72.5 Å². The molecule has 7 nitrogen and oxygen atoms in total. The third-order valence-corrected chi connectivity index (χ3v) is 7.45. The molecule has 0 N–H and O–H groups in total. The first-order valence-corrected chi connectivity index (χ1v) is 12.2. The molecule has 0 amide bonds. The van der Waals surface area contributed by atoms with Crippen molar-refractivity contribution in [1.29, 1.82) is 0 Å². The molecule has 5 atom stereocenters. The van der Waals surface area contributed by atoms with Gasteiger partial charge in [0.25, 0.3) is 0 Å². The van der Waals surface area contributed by atoms with Crippen molar-refractivity contribution >= 4 is 5.97 Å². The lowest BCUT2D eigenvalue weighted by molar-refractivity contribution is -0.259. The molecule has 7 heteroatoms. The van der Waals surface area contributed by atoms with Crippen LogP contribution in [0, 0.1) is 0 Å². The van der Waals surface area contributed by atoms with E-state index in [9.17, 15) is 4.79 Å². The molecule has 2 spiro atoms. The second-order valence-electron chi connectivity index (χ2n) is 9.94. The van der Waals surface area contributed by atoms with Gasteiger partial charge < -0.3 is 28.4 Å². The Bertz CT molecular complexity index is 675. The molecule has 2 aliphatic carbocycles. The molecule has 3 saturated heterocycles. The van der Waals surface area contributed by atoms with Crippen LogP contribution in [0.5, 0.6) is 0 Å². The number of hydrogen-bond donors (Lipinski definition) is 0. The molecule has 31 heavy (non-hydrogen) atoms. The maximum Gasteiger partial charge on any atom is 0.335 e. The van der Waals surface area contributed by atoms with Crippen molar-refractivity contribution in [2.75, 3.05) is 6.61 Å². The third kappa shape index (κ3) is 4.32. The Kier molecular flexibility index (Phi) is 6.16. The molecule has 5 fully saturated rings. The van der Waals surface area contributed by atoms with Crippen LogP contribution < -0.4 is 0 Å². The van der Waals surface area contributed by atoms with Crippen LogP contribution >= 0.6 is 0 Å². The fraction of sp³-hybridized carbons (Fsp3) is 0.875. The van der Waals surface area contributed by atoms with Crippen LogP contribution in [-0.4, -0.2) is 54.9 Å². The summed E-state index contributed by atoms with van der Waals surface area (Å²) in [5.41, 5.74) is 0.338. The molecule has 2 unspecified atom stereocenters. The highest BCUT2D eigenvalue weighted by Gasteiger charge is 2.62. The summed E-state index contributed by atoms with van der Waals surface area (Å²) >= 11 is 0. The van der Waals surface area contributed by atoms with Crippen molar-refractivity contribution in [2.45, 2.75) is 126 Å². The Morgan fingerprint density at radius 3 is 2.00 bits per heavy atom. The largest absolute Gasteiger partial charge is 0.429 e. The summed E-state index contributed by atoms with van der Waals surface area (Å²) in [7, 11) is 0. The first-order chi connectivity index (χ1) is 15.0.